The van der Waals surface area contributed by atoms with Gasteiger partial charge in [0.25, 0.3) is 0 Å². The van der Waals surface area contributed by atoms with Crippen molar-refractivity contribution in [3.63, 3.8) is 0 Å². The van der Waals surface area contributed by atoms with Gasteiger partial charge in [-0.1, -0.05) is 12.1 Å². The molecule has 1 saturated heterocycles. The van der Waals surface area contributed by atoms with Gasteiger partial charge in [0, 0.05) is 19.1 Å². The summed E-state index contributed by atoms with van der Waals surface area (Å²) >= 11 is 0. The second-order valence-corrected chi connectivity index (χ2v) is 4.58. The van der Waals surface area contributed by atoms with E-state index in [-0.39, 0.29) is 5.82 Å². The van der Waals surface area contributed by atoms with E-state index < -0.39 is 0 Å². The van der Waals surface area contributed by atoms with Crippen molar-refractivity contribution in [1.82, 2.24) is 0 Å². The number of fused-ring (bicyclic) bond motifs is 1. The summed E-state index contributed by atoms with van der Waals surface area (Å²) in [5, 5.41) is 3.15. The molecule has 1 N–H and O–H groups in total. The Morgan fingerprint density at radius 3 is 3.06 bits per heavy atom. The van der Waals surface area contributed by atoms with E-state index in [0.29, 0.717) is 17.7 Å². The molecule has 0 saturated carbocycles. The van der Waals surface area contributed by atoms with Gasteiger partial charge >= 0.3 is 0 Å². The van der Waals surface area contributed by atoms with E-state index >= 15 is 0 Å². The largest absolute Gasteiger partial charge is 0.382 e. The molecule has 0 bridgehead atoms. The zero-order valence-corrected chi connectivity index (χ0v) is 9.21. The topological polar surface area (TPSA) is 21.3 Å². The van der Waals surface area contributed by atoms with Gasteiger partial charge in [-0.05, 0) is 30.9 Å². The van der Waals surface area contributed by atoms with E-state index in [4.69, 9.17) is 4.74 Å². The summed E-state index contributed by atoms with van der Waals surface area (Å²) < 4.78 is 19.4. The van der Waals surface area contributed by atoms with Crippen molar-refractivity contribution in [3.8, 4) is 0 Å². The zero-order valence-electron chi connectivity index (χ0n) is 9.21. The van der Waals surface area contributed by atoms with E-state index in [9.17, 15) is 4.39 Å². The van der Waals surface area contributed by atoms with Gasteiger partial charge in [-0.25, -0.2) is 4.39 Å². The standard InChI is InChI=1S/C13H16FNO/c14-11-4-1-3-10-9(6-7-15-13(10)11)12-5-2-8-16-12/h1,3-4,9,12,15H,2,5-8H2. The van der Waals surface area contributed by atoms with E-state index in [1.807, 2.05) is 6.07 Å². The summed E-state index contributed by atoms with van der Waals surface area (Å²) in [6.45, 7) is 1.71. The van der Waals surface area contributed by atoms with Crippen molar-refractivity contribution in [3.05, 3.63) is 29.6 Å². The number of hydrogen-bond donors (Lipinski definition) is 1. The lowest BCUT2D eigenvalue weighted by Crippen LogP contribution is -2.26. The summed E-state index contributed by atoms with van der Waals surface area (Å²) in [6.07, 6.45) is 3.59. The molecule has 0 radical (unpaired) electrons. The summed E-state index contributed by atoms with van der Waals surface area (Å²) in [7, 11) is 0. The molecule has 1 aromatic carbocycles. The van der Waals surface area contributed by atoms with Crippen LogP contribution >= 0.6 is 0 Å². The van der Waals surface area contributed by atoms with Gasteiger partial charge in [0.1, 0.15) is 5.82 Å². The molecule has 0 aromatic heterocycles. The second-order valence-electron chi connectivity index (χ2n) is 4.58. The smallest absolute Gasteiger partial charge is 0.146 e. The van der Waals surface area contributed by atoms with Gasteiger partial charge < -0.3 is 10.1 Å². The summed E-state index contributed by atoms with van der Waals surface area (Å²) in [5.41, 5.74) is 1.78. The quantitative estimate of drug-likeness (QED) is 0.787. The number of hydrogen-bond acceptors (Lipinski definition) is 2. The molecule has 2 aliphatic rings. The van der Waals surface area contributed by atoms with Crippen LogP contribution in [0.1, 0.15) is 30.7 Å². The Hall–Kier alpha value is -1.09. The summed E-state index contributed by atoms with van der Waals surface area (Å²) in [4.78, 5) is 0. The summed E-state index contributed by atoms with van der Waals surface area (Å²) in [6, 6.07) is 5.34. The maximum Gasteiger partial charge on any atom is 0.146 e. The first-order valence-corrected chi connectivity index (χ1v) is 6.00. The second kappa shape index (κ2) is 4.06. The average molecular weight is 221 g/mol. The minimum atomic E-state index is -0.139. The molecule has 0 spiro atoms. The normalized spacial score (nSPS) is 28.6. The third-order valence-electron chi connectivity index (χ3n) is 3.62. The number of rotatable bonds is 1. The highest BCUT2D eigenvalue weighted by Gasteiger charge is 2.31. The fourth-order valence-corrected chi connectivity index (χ4v) is 2.85. The number of benzene rings is 1. The van der Waals surface area contributed by atoms with Crippen LogP contribution in [0, 0.1) is 5.82 Å². The molecule has 16 heavy (non-hydrogen) atoms. The van der Waals surface area contributed by atoms with Gasteiger partial charge in [-0.2, -0.15) is 0 Å². The van der Waals surface area contributed by atoms with Crippen molar-refractivity contribution in [2.45, 2.75) is 31.3 Å². The van der Waals surface area contributed by atoms with E-state index in [1.165, 1.54) is 6.07 Å². The molecule has 86 valence electrons. The number of ether oxygens (including phenoxy) is 1. The Kier molecular flexibility index (Phi) is 2.56. The molecule has 1 aromatic rings. The molecule has 2 aliphatic heterocycles. The highest BCUT2D eigenvalue weighted by Crippen LogP contribution is 2.39. The maximum absolute atomic E-state index is 13.6. The van der Waals surface area contributed by atoms with Crippen molar-refractivity contribution in [2.24, 2.45) is 0 Å². The van der Waals surface area contributed by atoms with Crippen LogP contribution < -0.4 is 5.32 Å². The average Bonchev–Trinajstić information content (AvgIpc) is 2.82. The Balaban J connectivity index is 1.96. The number of para-hydroxylation sites is 1. The van der Waals surface area contributed by atoms with E-state index in [1.54, 1.807) is 6.07 Å². The minimum Gasteiger partial charge on any atom is -0.382 e. The highest BCUT2D eigenvalue weighted by molar-refractivity contribution is 5.56. The highest BCUT2D eigenvalue weighted by atomic mass is 19.1. The third-order valence-corrected chi connectivity index (χ3v) is 3.62. The SMILES string of the molecule is Fc1cccc2c1NCCC2C1CCCO1. The zero-order chi connectivity index (χ0) is 11.0. The lowest BCUT2D eigenvalue weighted by molar-refractivity contribution is 0.0860. The van der Waals surface area contributed by atoms with Gasteiger partial charge in [0.15, 0.2) is 0 Å². The van der Waals surface area contributed by atoms with Crippen LogP contribution in [0.3, 0.4) is 0 Å². The van der Waals surface area contributed by atoms with E-state index in [0.717, 1.165) is 38.0 Å². The molecular weight excluding hydrogens is 205 g/mol. The molecule has 0 aliphatic carbocycles. The molecule has 3 rings (SSSR count). The molecule has 2 heterocycles. The number of halogens is 1. The van der Waals surface area contributed by atoms with Crippen LogP contribution in [-0.2, 0) is 4.74 Å². The Labute approximate surface area is 94.8 Å². The Morgan fingerprint density at radius 1 is 1.31 bits per heavy atom. The maximum atomic E-state index is 13.6. The number of anilines is 1. The van der Waals surface area contributed by atoms with Crippen LogP contribution in [0.4, 0.5) is 10.1 Å². The molecule has 1 fully saturated rings. The van der Waals surface area contributed by atoms with Crippen molar-refractivity contribution in [2.75, 3.05) is 18.5 Å². The first-order chi connectivity index (χ1) is 7.86. The Morgan fingerprint density at radius 2 is 2.25 bits per heavy atom. The van der Waals surface area contributed by atoms with E-state index in [2.05, 4.69) is 5.32 Å². The number of nitrogens with one attached hydrogen (secondary N) is 1. The van der Waals surface area contributed by atoms with Crippen LogP contribution in [-0.4, -0.2) is 19.3 Å². The fraction of sp³-hybridized carbons (Fsp3) is 0.538. The van der Waals surface area contributed by atoms with Gasteiger partial charge in [0.05, 0.1) is 11.8 Å². The molecule has 2 nitrogen and oxygen atoms in total. The lowest BCUT2D eigenvalue weighted by atomic mass is 9.85. The molecule has 2 atom stereocenters. The molecule has 0 amide bonds. The van der Waals surface area contributed by atoms with Crippen molar-refractivity contribution in [1.29, 1.82) is 0 Å². The fourth-order valence-electron chi connectivity index (χ4n) is 2.85. The molecule has 3 heteroatoms. The monoisotopic (exact) mass is 221 g/mol. The van der Waals surface area contributed by atoms with Crippen LogP contribution in [0.2, 0.25) is 0 Å². The Bertz CT molecular complexity index is 388. The van der Waals surface area contributed by atoms with Gasteiger partial charge in [-0.3, -0.25) is 0 Å². The first-order valence-electron chi connectivity index (χ1n) is 6.00. The van der Waals surface area contributed by atoms with Gasteiger partial charge in [-0.15, -0.1) is 0 Å². The van der Waals surface area contributed by atoms with Crippen LogP contribution in [0.15, 0.2) is 18.2 Å². The van der Waals surface area contributed by atoms with Crippen molar-refractivity contribution < 1.29 is 9.13 Å². The van der Waals surface area contributed by atoms with Gasteiger partial charge in [0.2, 0.25) is 0 Å². The predicted octanol–water partition coefficient (Wildman–Crippen LogP) is 2.90. The van der Waals surface area contributed by atoms with Crippen LogP contribution in [0.25, 0.3) is 0 Å². The predicted molar refractivity (Wildman–Crippen MR) is 61.2 cm³/mol. The summed E-state index contributed by atoms with van der Waals surface area (Å²) in [5.74, 6) is 0.231. The third kappa shape index (κ3) is 1.59. The first kappa shape index (κ1) is 10.1. The minimum absolute atomic E-state index is 0.139. The molecule has 2 unspecified atom stereocenters. The molecular formula is C13H16FNO. The van der Waals surface area contributed by atoms with Crippen molar-refractivity contribution >= 4 is 5.69 Å². The van der Waals surface area contributed by atoms with Crippen LogP contribution in [0.5, 0.6) is 0 Å². The lowest BCUT2D eigenvalue weighted by Gasteiger charge is -2.30.